The number of likely N-dealkylation sites (tertiary alicyclic amines) is 1. The van der Waals surface area contributed by atoms with Gasteiger partial charge in [0.1, 0.15) is 5.54 Å². The smallest absolute Gasteiger partial charge is 0.322 e. The van der Waals surface area contributed by atoms with Gasteiger partial charge in [-0.2, -0.15) is 5.10 Å². The van der Waals surface area contributed by atoms with Gasteiger partial charge in [0, 0.05) is 32.3 Å². The van der Waals surface area contributed by atoms with Crippen molar-refractivity contribution in [3.05, 3.63) is 18.0 Å². The minimum absolute atomic E-state index is 0.0488. The quantitative estimate of drug-likeness (QED) is 0.755. The highest BCUT2D eigenvalue weighted by atomic mass is 16.2. The highest BCUT2D eigenvalue weighted by Gasteiger charge is 2.48. The van der Waals surface area contributed by atoms with E-state index >= 15 is 0 Å². The number of imide groups is 1. The fourth-order valence-corrected chi connectivity index (χ4v) is 2.98. The van der Waals surface area contributed by atoms with Gasteiger partial charge in [-0.25, -0.2) is 4.79 Å². The number of hydrogen-bond donors (Lipinski definition) is 2. The summed E-state index contributed by atoms with van der Waals surface area (Å²) in [7, 11) is 0. The Bertz CT molecular complexity index is 616. The maximum atomic E-state index is 12.2. The van der Waals surface area contributed by atoms with Crippen LogP contribution in [0, 0.1) is 6.92 Å². The van der Waals surface area contributed by atoms with Crippen LogP contribution in [-0.4, -0.2) is 51.2 Å². The molecule has 22 heavy (non-hydrogen) atoms. The summed E-state index contributed by atoms with van der Waals surface area (Å²) in [5.41, 5.74) is 0.239. The molecule has 1 aromatic heterocycles. The number of piperidine rings is 1. The van der Waals surface area contributed by atoms with Gasteiger partial charge in [-0.05, 0) is 25.3 Å². The van der Waals surface area contributed by atoms with E-state index < -0.39 is 11.6 Å². The van der Waals surface area contributed by atoms with Crippen LogP contribution in [0.4, 0.5) is 4.79 Å². The Morgan fingerprint density at radius 2 is 2.09 bits per heavy atom. The van der Waals surface area contributed by atoms with Gasteiger partial charge in [0.25, 0.3) is 5.91 Å². The highest BCUT2D eigenvalue weighted by molar-refractivity contribution is 6.07. The van der Waals surface area contributed by atoms with Crippen molar-refractivity contribution in [3.8, 4) is 0 Å². The number of carbonyl (C=O) groups is 3. The largest absolute Gasteiger partial charge is 0.342 e. The number of nitrogens with one attached hydrogen (secondary N) is 2. The van der Waals surface area contributed by atoms with Crippen molar-refractivity contribution in [2.75, 3.05) is 13.1 Å². The number of nitrogens with zero attached hydrogens (tertiary/aromatic N) is 3. The Morgan fingerprint density at radius 1 is 1.36 bits per heavy atom. The van der Waals surface area contributed by atoms with Crippen LogP contribution in [0.1, 0.15) is 24.8 Å². The summed E-state index contributed by atoms with van der Waals surface area (Å²) in [5, 5.41) is 9.11. The molecule has 0 aromatic carbocycles. The molecule has 0 aliphatic carbocycles. The molecule has 2 aliphatic rings. The Hall–Kier alpha value is -2.38. The van der Waals surface area contributed by atoms with Gasteiger partial charge in [-0.3, -0.25) is 19.6 Å². The molecule has 2 N–H and O–H groups in total. The second-order valence-electron chi connectivity index (χ2n) is 5.90. The number of rotatable bonds is 3. The molecule has 8 heteroatoms. The molecule has 0 bridgehead atoms. The summed E-state index contributed by atoms with van der Waals surface area (Å²) in [6.07, 6.45) is 4.95. The number of amides is 4. The van der Waals surface area contributed by atoms with E-state index in [2.05, 4.69) is 15.7 Å². The molecule has 2 fully saturated rings. The summed E-state index contributed by atoms with van der Waals surface area (Å²) < 4.78 is 1.75. The number of aromatic nitrogens is 2. The van der Waals surface area contributed by atoms with Crippen molar-refractivity contribution in [2.24, 2.45) is 0 Å². The molecule has 118 valence electrons. The lowest BCUT2D eigenvalue weighted by Crippen LogP contribution is -2.55. The lowest BCUT2D eigenvalue weighted by Gasteiger charge is -2.37. The summed E-state index contributed by atoms with van der Waals surface area (Å²) in [6.45, 7) is 3.46. The summed E-state index contributed by atoms with van der Waals surface area (Å²) in [6, 6.07) is -0.446. The lowest BCUT2D eigenvalue weighted by molar-refractivity contribution is -0.136. The molecule has 0 saturated carbocycles. The van der Waals surface area contributed by atoms with E-state index in [1.807, 2.05) is 13.1 Å². The Morgan fingerprint density at radius 3 is 2.64 bits per heavy atom. The van der Waals surface area contributed by atoms with Crippen LogP contribution in [0.3, 0.4) is 0 Å². The van der Waals surface area contributed by atoms with E-state index in [-0.39, 0.29) is 11.8 Å². The molecule has 3 rings (SSSR count). The molecule has 2 aliphatic heterocycles. The van der Waals surface area contributed by atoms with E-state index in [0.717, 1.165) is 5.56 Å². The molecule has 0 radical (unpaired) electrons. The van der Waals surface area contributed by atoms with Gasteiger partial charge in [0.05, 0.1) is 6.20 Å². The standard InChI is InChI=1S/C14H19N5O3/c1-10-8-15-19(9-10)5-2-11(20)18-6-3-14(4-7-18)12(21)16-13(22)17-14/h8-9H,2-7H2,1H3,(H2,16,17,21,22). The third kappa shape index (κ3) is 2.68. The molecule has 4 amide bonds. The fraction of sp³-hybridized carbons (Fsp3) is 0.571. The van der Waals surface area contributed by atoms with Gasteiger partial charge in [-0.15, -0.1) is 0 Å². The van der Waals surface area contributed by atoms with Crippen molar-refractivity contribution in [3.63, 3.8) is 0 Å². The van der Waals surface area contributed by atoms with Gasteiger partial charge >= 0.3 is 6.03 Å². The second kappa shape index (κ2) is 5.43. The third-order valence-electron chi connectivity index (χ3n) is 4.30. The normalized spacial score (nSPS) is 20.1. The minimum atomic E-state index is -0.826. The summed E-state index contributed by atoms with van der Waals surface area (Å²) >= 11 is 0. The number of urea groups is 1. The average Bonchev–Trinajstić information content (AvgIpc) is 3.01. The summed E-state index contributed by atoms with van der Waals surface area (Å²) in [5.74, 6) is -0.232. The molecule has 0 unspecified atom stereocenters. The first-order valence-electron chi connectivity index (χ1n) is 7.39. The molecule has 8 nitrogen and oxygen atoms in total. The topological polar surface area (TPSA) is 96.3 Å². The molecule has 0 atom stereocenters. The van der Waals surface area contributed by atoms with Crippen LogP contribution >= 0.6 is 0 Å². The van der Waals surface area contributed by atoms with Gasteiger partial charge in [0.2, 0.25) is 5.91 Å². The van der Waals surface area contributed by atoms with Crippen LogP contribution in [0.2, 0.25) is 0 Å². The fourth-order valence-electron chi connectivity index (χ4n) is 2.98. The predicted octanol–water partition coefficient (Wildman–Crippen LogP) is -0.218. The number of aryl methyl sites for hydroxylation is 2. The van der Waals surface area contributed by atoms with Crippen LogP contribution < -0.4 is 10.6 Å². The monoisotopic (exact) mass is 305 g/mol. The van der Waals surface area contributed by atoms with E-state index in [1.165, 1.54) is 0 Å². The van der Waals surface area contributed by atoms with Crippen LogP contribution in [0.25, 0.3) is 0 Å². The first-order chi connectivity index (χ1) is 10.5. The Kier molecular flexibility index (Phi) is 3.59. The molecule has 3 heterocycles. The van der Waals surface area contributed by atoms with E-state index in [0.29, 0.717) is 38.9 Å². The molecule has 1 spiro atoms. The first kappa shape index (κ1) is 14.6. The third-order valence-corrected chi connectivity index (χ3v) is 4.30. The van der Waals surface area contributed by atoms with Crippen molar-refractivity contribution < 1.29 is 14.4 Å². The van der Waals surface area contributed by atoms with Crippen LogP contribution in [0.15, 0.2) is 12.4 Å². The minimum Gasteiger partial charge on any atom is -0.342 e. The van der Waals surface area contributed by atoms with Crippen molar-refractivity contribution in [1.82, 2.24) is 25.3 Å². The zero-order chi connectivity index (χ0) is 15.7. The lowest BCUT2D eigenvalue weighted by atomic mass is 9.87. The van der Waals surface area contributed by atoms with Gasteiger partial charge in [0.15, 0.2) is 0 Å². The second-order valence-corrected chi connectivity index (χ2v) is 5.90. The first-order valence-corrected chi connectivity index (χ1v) is 7.39. The Labute approximate surface area is 127 Å². The zero-order valence-corrected chi connectivity index (χ0v) is 12.5. The highest BCUT2D eigenvalue weighted by Crippen LogP contribution is 2.25. The van der Waals surface area contributed by atoms with Gasteiger partial charge in [-0.1, -0.05) is 0 Å². The average molecular weight is 305 g/mol. The van der Waals surface area contributed by atoms with Crippen LogP contribution in [-0.2, 0) is 16.1 Å². The maximum Gasteiger partial charge on any atom is 0.322 e. The van der Waals surface area contributed by atoms with E-state index in [4.69, 9.17) is 0 Å². The maximum absolute atomic E-state index is 12.2. The predicted molar refractivity (Wildman–Crippen MR) is 76.8 cm³/mol. The SMILES string of the molecule is Cc1cnn(CCC(=O)N2CCC3(CC2)NC(=O)NC3=O)c1. The molecular weight excluding hydrogens is 286 g/mol. The Balaban J connectivity index is 1.52. The summed E-state index contributed by atoms with van der Waals surface area (Å²) in [4.78, 5) is 37.1. The van der Waals surface area contributed by atoms with E-state index in [9.17, 15) is 14.4 Å². The molecule has 2 saturated heterocycles. The molecule has 1 aromatic rings. The van der Waals surface area contributed by atoms with Gasteiger partial charge < -0.3 is 10.2 Å². The number of carbonyl (C=O) groups excluding carboxylic acids is 3. The van der Waals surface area contributed by atoms with E-state index in [1.54, 1.807) is 15.8 Å². The van der Waals surface area contributed by atoms with Crippen molar-refractivity contribution in [1.29, 1.82) is 0 Å². The van der Waals surface area contributed by atoms with Crippen molar-refractivity contribution in [2.45, 2.75) is 38.3 Å². The zero-order valence-electron chi connectivity index (χ0n) is 12.5. The van der Waals surface area contributed by atoms with Crippen LogP contribution in [0.5, 0.6) is 0 Å². The number of hydrogen-bond acceptors (Lipinski definition) is 4. The molecular formula is C14H19N5O3. The van der Waals surface area contributed by atoms with Crippen molar-refractivity contribution >= 4 is 17.8 Å².